The number of nitrogens with one attached hydrogen (secondary N) is 1. The number of hydrogen-bond acceptors (Lipinski definition) is 7. The Kier molecular flexibility index (Phi) is 7.59. The molecule has 0 saturated carbocycles. The summed E-state index contributed by atoms with van der Waals surface area (Å²) in [4.78, 5) is 23.2. The number of aryl methyl sites for hydroxylation is 1. The van der Waals surface area contributed by atoms with Crippen LogP contribution in [0.4, 0.5) is 11.4 Å². The SMILES string of the molecule is COc1ccc(C)cc1N(CC(=O)N/N=C\c1ccccc1[N+](=O)[O-])S(=O)(=O)c1ccccc1. The van der Waals surface area contributed by atoms with Crippen LogP contribution in [0.2, 0.25) is 0 Å². The zero-order valence-electron chi connectivity index (χ0n) is 18.4. The van der Waals surface area contributed by atoms with Crippen molar-refractivity contribution in [3.05, 3.63) is 94.0 Å². The molecule has 11 heteroatoms. The monoisotopic (exact) mass is 482 g/mol. The maximum atomic E-state index is 13.4. The van der Waals surface area contributed by atoms with Gasteiger partial charge in [0.05, 0.1) is 34.4 Å². The van der Waals surface area contributed by atoms with Gasteiger partial charge in [0.25, 0.3) is 21.6 Å². The van der Waals surface area contributed by atoms with E-state index in [4.69, 9.17) is 4.74 Å². The van der Waals surface area contributed by atoms with Gasteiger partial charge in [-0.2, -0.15) is 5.10 Å². The van der Waals surface area contributed by atoms with Gasteiger partial charge in [0.15, 0.2) is 0 Å². The van der Waals surface area contributed by atoms with E-state index in [1.165, 1.54) is 37.4 Å². The van der Waals surface area contributed by atoms with Crippen LogP contribution in [0.15, 0.2) is 82.8 Å². The lowest BCUT2D eigenvalue weighted by molar-refractivity contribution is -0.385. The largest absolute Gasteiger partial charge is 0.495 e. The third-order valence-electron chi connectivity index (χ3n) is 4.75. The number of carbonyl (C=O) groups is 1. The minimum atomic E-state index is -4.14. The Balaban J connectivity index is 1.92. The first-order valence-electron chi connectivity index (χ1n) is 10.0. The normalized spacial score (nSPS) is 11.2. The van der Waals surface area contributed by atoms with Crippen LogP contribution < -0.4 is 14.5 Å². The lowest BCUT2D eigenvalue weighted by atomic mass is 10.2. The quantitative estimate of drug-likeness (QED) is 0.283. The van der Waals surface area contributed by atoms with E-state index in [9.17, 15) is 23.3 Å². The van der Waals surface area contributed by atoms with Crippen LogP contribution in [0.3, 0.4) is 0 Å². The first-order chi connectivity index (χ1) is 16.2. The van der Waals surface area contributed by atoms with Gasteiger partial charge in [0.1, 0.15) is 12.3 Å². The van der Waals surface area contributed by atoms with Gasteiger partial charge in [0, 0.05) is 6.07 Å². The van der Waals surface area contributed by atoms with Crippen LogP contribution >= 0.6 is 0 Å². The molecule has 0 aliphatic rings. The molecule has 3 rings (SSSR count). The predicted octanol–water partition coefficient (Wildman–Crippen LogP) is 3.26. The summed E-state index contributed by atoms with van der Waals surface area (Å²) in [6.07, 6.45) is 1.12. The van der Waals surface area contributed by atoms with Gasteiger partial charge < -0.3 is 4.74 Å². The smallest absolute Gasteiger partial charge is 0.278 e. The maximum Gasteiger partial charge on any atom is 0.278 e. The molecule has 0 radical (unpaired) electrons. The summed E-state index contributed by atoms with van der Waals surface area (Å²) in [5, 5.41) is 14.9. The molecule has 0 aliphatic carbocycles. The summed E-state index contributed by atoms with van der Waals surface area (Å²) in [7, 11) is -2.74. The van der Waals surface area contributed by atoms with Crippen molar-refractivity contribution in [2.24, 2.45) is 5.10 Å². The number of nitrogens with zero attached hydrogens (tertiary/aromatic N) is 3. The number of nitro groups is 1. The molecule has 0 unspecified atom stereocenters. The molecule has 1 N–H and O–H groups in total. The number of methoxy groups -OCH3 is 1. The highest BCUT2D eigenvalue weighted by Gasteiger charge is 2.29. The number of hydrazone groups is 1. The Morgan fingerprint density at radius 3 is 2.47 bits per heavy atom. The summed E-state index contributed by atoms with van der Waals surface area (Å²) in [6.45, 7) is 1.18. The summed E-state index contributed by atoms with van der Waals surface area (Å²) >= 11 is 0. The molecular formula is C23H22N4O6S. The van der Waals surface area contributed by atoms with Crippen LogP contribution in [0.5, 0.6) is 5.75 Å². The van der Waals surface area contributed by atoms with E-state index in [2.05, 4.69) is 10.5 Å². The van der Waals surface area contributed by atoms with Crippen LogP contribution in [0.1, 0.15) is 11.1 Å². The number of benzene rings is 3. The highest BCUT2D eigenvalue weighted by Crippen LogP contribution is 2.33. The average molecular weight is 483 g/mol. The fourth-order valence-corrected chi connectivity index (χ4v) is 4.56. The second kappa shape index (κ2) is 10.6. The van der Waals surface area contributed by atoms with E-state index in [0.717, 1.165) is 16.1 Å². The van der Waals surface area contributed by atoms with Gasteiger partial charge in [-0.05, 0) is 42.8 Å². The Bertz CT molecular complexity index is 1330. The number of para-hydroxylation sites is 1. The molecule has 0 spiro atoms. The third kappa shape index (κ3) is 5.56. The van der Waals surface area contributed by atoms with Crippen molar-refractivity contribution < 1.29 is 22.9 Å². The Morgan fingerprint density at radius 2 is 1.79 bits per heavy atom. The molecule has 1 amide bonds. The summed E-state index contributed by atoms with van der Waals surface area (Å²) < 4.78 is 33.2. The van der Waals surface area contributed by atoms with E-state index < -0.39 is 27.4 Å². The Labute approximate surface area is 196 Å². The molecule has 0 aromatic heterocycles. The standard InChI is InChI=1S/C23H22N4O6S/c1-17-12-13-22(33-2)21(14-17)26(34(31,32)19-9-4-3-5-10-19)16-23(28)25-24-15-18-8-6-7-11-20(18)27(29)30/h3-15H,16H2,1-2H3,(H,25,28)/b24-15-. The molecule has 176 valence electrons. The number of anilines is 1. The third-order valence-corrected chi connectivity index (χ3v) is 6.52. The number of carbonyl (C=O) groups excluding carboxylic acids is 1. The minimum absolute atomic E-state index is 0.00484. The van der Waals surface area contributed by atoms with Crippen LogP contribution in [0.25, 0.3) is 0 Å². The van der Waals surface area contributed by atoms with Crippen molar-refractivity contribution in [3.63, 3.8) is 0 Å². The molecular weight excluding hydrogens is 460 g/mol. The van der Waals surface area contributed by atoms with Crippen LogP contribution in [0, 0.1) is 17.0 Å². The lowest BCUT2D eigenvalue weighted by Gasteiger charge is -2.25. The summed E-state index contributed by atoms with van der Waals surface area (Å²) in [5.74, 6) is -0.487. The molecule has 0 atom stereocenters. The van der Waals surface area contributed by atoms with Crippen LogP contribution in [-0.2, 0) is 14.8 Å². The number of hydrogen-bond donors (Lipinski definition) is 1. The molecule has 34 heavy (non-hydrogen) atoms. The molecule has 3 aromatic carbocycles. The Morgan fingerprint density at radius 1 is 1.12 bits per heavy atom. The van der Waals surface area contributed by atoms with Gasteiger partial charge in [-0.3, -0.25) is 19.2 Å². The average Bonchev–Trinajstić information content (AvgIpc) is 2.83. The number of ether oxygens (including phenoxy) is 1. The highest BCUT2D eigenvalue weighted by atomic mass is 32.2. The fourth-order valence-electron chi connectivity index (χ4n) is 3.12. The predicted molar refractivity (Wildman–Crippen MR) is 128 cm³/mol. The first kappa shape index (κ1) is 24.4. The molecule has 0 fully saturated rings. The van der Waals surface area contributed by atoms with Crippen LogP contribution in [-0.4, -0.2) is 39.1 Å². The van der Waals surface area contributed by atoms with Crippen molar-refractivity contribution in [1.82, 2.24) is 5.43 Å². The zero-order valence-corrected chi connectivity index (χ0v) is 19.2. The molecule has 0 aliphatic heterocycles. The molecule has 0 saturated heterocycles. The zero-order chi connectivity index (χ0) is 24.7. The van der Waals surface area contributed by atoms with Crippen molar-refractivity contribution in [1.29, 1.82) is 0 Å². The second-order valence-corrected chi connectivity index (χ2v) is 8.97. The van der Waals surface area contributed by atoms with Gasteiger partial charge >= 0.3 is 0 Å². The van der Waals surface area contributed by atoms with Gasteiger partial charge in [0.2, 0.25) is 0 Å². The molecule has 10 nitrogen and oxygen atoms in total. The number of nitro benzene ring substituents is 1. The molecule has 0 bridgehead atoms. The van der Waals surface area contributed by atoms with E-state index in [0.29, 0.717) is 0 Å². The highest BCUT2D eigenvalue weighted by molar-refractivity contribution is 7.92. The van der Waals surface area contributed by atoms with E-state index >= 15 is 0 Å². The van der Waals surface area contributed by atoms with E-state index in [1.807, 2.05) is 0 Å². The summed E-state index contributed by atoms with van der Waals surface area (Å²) in [5.41, 5.74) is 3.18. The van der Waals surface area contributed by atoms with Gasteiger partial charge in [-0.15, -0.1) is 0 Å². The second-order valence-electron chi connectivity index (χ2n) is 7.11. The minimum Gasteiger partial charge on any atom is -0.495 e. The van der Waals surface area contributed by atoms with Gasteiger partial charge in [-0.1, -0.05) is 36.4 Å². The van der Waals surface area contributed by atoms with E-state index in [-0.39, 0.29) is 27.6 Å². The first-order valence-corrected chi connectivity index (χ1v) is 11.5. The van der Waals surface area contributed by atoms with Crippen molar-refractivity contribution >= 4 is 33.5 Å². The molecule has 0 heterocycles. The van der Waals surface area contributed by atoms with Crippen molar-refractivity contribution in [3.8, 4) is 5.75 Å². The molecule has 3 aromatic rings. The maximum absolute atomic E-state index is 13.4. The van der Waals surface area contributed by atoms with Gasteiger partial charge in [-0.25, -0.2) is 13.8 Å². The Hall–Kier alpha value is -4.25. The summed E-state index contributed by atoms with van der Waals surface area (Å²) in [6, 6.07) is 18.5. The fraction of sp³-hybridized carbons (Fsp3) is 0.130. The topological polar surface area (TPSA) is 131 Å². The number of amides is 1. The van der Waals surface area contributed by atoms with Crippen molar-refractivity contribution in [2.45, 2.75) is 11.8 Å². The lowest BCUT2D eigenvalue weighted by Crippen LogP contribution is -2.39. The number of rotatable bonds is 9. The van der Waals surface area contributed by atoms with E-state index in [1.54, 1.807) is 49.4 Å². The number of sulfonamides is 1. The van der Waals surface area contributed by atoms with Crippen molar-refractivity contribution in [2.75, 3.05) is 18.0 Å².